The van der Waals surface area contributed by atoms with E-state index in [9.17, 15) is 10.1 Å². The molecule has 0 radical (unpaired) electrons. The lowest BCUT2D eigenvalue weighted by atomic mass is 10.1. The molecule has 0 saturated carbocycles. The molecule has 1 rings (SSSR count). The van der Waals surface area contributed by atoms with Gasteiger partial charge in [0, 0.05) is 6.92 Å². The van der Waals surface area contributed by atoms with Gasteiger partial charge in [-0.2, -0.15) is 5.26 Å². The summed E-state index contributed by atoms with van der Waals surface area (Å²) >= 11 is 0. The summed E-state index contributed by atoms with van der Waals surface area (Å²) in [6.45, 7) is 5.73. The van der Waals surface area contributed by atoms with Gasteiger partial charge in [0.15, 0.2) is 11.3 Å². The maximum absolute atomic E-state index is 10.8. The van der Waals surface area contributed by atoms with Gasteiger partial charge in [0.25, 0.3) is 5.82 Å². The number of nitriles is 1. The van der Waals surface area contributed by atoms with E-state index in [0.29, 0.717) is 29.2 Å². The van der Waals surface area contributed by atoms with Gasteiger partial charge < -0.3 is 0 Å². The Kier molecular flexibility index (Phi) is 3.40. The Hall–Kier alpha value is -2.16. The van der Waals surface area contributed by atoms with Crippen LogP contribution < -0.4 is 10.3 Å². The van der Waals surface area contributed by atoms with Crippen LogP contribution in [0.1, 0.15) is 23.7 Å². The number of anilines is 1. The topological polar surface area (TPSA) is 93.1 Å². The Morgan fingerprint density at radius 3 is 2.62 bits per heavy atom. The van der Waals surface area contributed by atoms with Crippen LogP contribution in [0, 0.1) is 35.3 Å². The first kappa shape index (κ1) is 11.9. The Labute approximate surface area is 93.1 Å². The maximum Gasteiger partial charge on any atom is 0.315 e. The van der Waals surface area contributed by atoms with Gasteiger partial charge in [-0.15, -0.1) is 0 Å². The lowest BCUT2D eigenvalue weighted by Gasteiger charge is -2.04. The van der Waals surface area contributed by atoms with E-state index in [1.165, 1.54) is 0 Å². The smallest absolute Gasteiger partial charge is 0.274 e. The molecule has 1 heterocycles. The fraction of sp³-hybridized carbons (Fsp3) is 0.400. The molecule has 84 valence electrons. The summed E-state index contributed by atoms with van der Waals surface area (Å²) in [5, 5.41) is 22.8. The number of pyridine rings is 1. The van der Waals surface area contributed by atoms with Gasteiger partial charge in [0.2, 0.25) is 0 Å². The van der Waals surface area contributed by atoms with Crippen molar-refractivity contribution in [3.63, 3.8) is 0 Å². The Balaban J connectivity index is 3.51. The molecule has 0 aromatic carbocycles. The van der Waals surface area contributed by atoms with Gasteiger partial charge in [-0.05, 0) is 13.8 Å². The lowest BCUT2D eigenvalue weighted by Crippen LogP contribution is -2.21. The molecule has 1 aromatic heterocycles. The van der Waals surface area contributed by atoms with Crippen molar-refractivity contribution in [2.24, 2.45) is 0 Å². The average Bonchev–Trinajstić information content (AvgIpc) is 2.17. The predicted molar refractivity (Wildman–Crippen MR) is 58.0 cm³/mol. The minimum absolute atomic E-state index is 0.0294. The van der Waals surface area contributed by atoms with Gasteiger partial charge in [-0.25, -0.2) is 4.98 Å². The number of nitrogens with one attached hydrogen (secondary N) is 2. The van der Waals surface area contributed by atoms with Crippen LogP contribution in [0.25, 0.3) is 0 Å². The molecule has 0 saturated heterocycles. The monoisotopic (exact) mass is 221 g/mol. The highest BCUT2D eigenvalue weighted by molar-refractivity contribution is 5.59. The normalized spacial score (nSPS) is 9.62. The standard InChI is InChI=1S/C10H12N4O2/c1-4-12-10-8(5-11)6(2)9(14(15)16)7(3)13-10/h4H2,1-3H3,(H,12,13)/p+1. The van der Waals surface area contributed by atoms with Crippen LogP contribution in [0.3, 0.4) is 0 Å². The summed E-state index contributed by atoms with van der Waals surface area (Å²) in [4.78, 5) is 13.2. The summed E-state index contributed by atoms with van der Waals surface area (Å²) in [6, 6.07) is 1.97. The zero-order chi connectivity index (χ0) is 12.3. The molecule has 0 fully saturated rings. The van der Waals surface area contributed by atoms with Gasteiger partial charge in [-0.3, -0.25) is 15.4 Å². The van der Waals surface area contributed by atoms with Crippen molar-refractivity contribution in [1.29, 1.82) is 5.26 Å². The van der Waals surface area contributed by atoms with Crippen molar-refractivity contribution in [3.8, 4) is 6.07 Å². The minimum Gasteiger partial charge on any atom is -0.274 e. The van der Waals surface area contributed by atoms with Crippen LogP contribution in [0.5, 0.6) is 0 Å². The lowest BCUT2D eigenvalue weighted by molar-refractivity contribution is -0.419. The fourth-order valence-electron chi connectivity index (χ4n) is 1.62. The molecule has 0 aliphatic heterocycles. The quantitative estimate of drug-likeness (QED) is 0.615. The van der Waals surface area contributed by atoms with E-state index in [1.807, 2.05) is 13.0 Å². The molecule has 16 heavy (non-hydrogen) atoms. The van der Waals surface area contributed by atoms with Crippen LogP contribution in [0.15, 0.2) is 0 Å². The van der Waals surface area contributed by atoms with Crippen molar-refractivity contribution in [2.45, 2.75) is 20.8 Å². The van der Waals surface area contributed by atoms with Crippen molar-refractivity contribution in [2.75, 3.05) is 11.9 Å². The molecular weight excluding hydrogens is 208 g/mol. The molecular formula is C10H13N4O2+. The molecule has 0 aliphatic carbocycles. The second-order valence-electron chi connectivity index (χ2n) is 3.37. The highest BCUT2D eigenvalue weighted by Gasteiger charge is 2.25. The molecule has 2 N–H and O–H groups in total. The molecule has 0 unspecified atom stereocenters. The number of aromatic amines is 1. The number of rotatable bonds is 3. The molecule has 0 atom stereocenters. The zero-order valence-electron chi connectivity index (χ0n) is 9.42. The van der Waals surface area contributed by atoms with E-state index >= 15 is 0 Å². The van der Waals surface area contributed by atoms with E-state index in [4.69, 9.17) is 5.26 Å². The number of nitrogens with zero attached hydrogens (tertiary/aromatic N) is 2. The number of nitro groups is 1. The number of hydrogen-bond acceptors (Lipinski definition) is 4. The molecule has 0 amide bonds. The van der Waals surface area contributed by atoms with E-state index < -0.39 is 4.92 Å². The first-order valence-corrected chi connectivity index (χ1v) is 4.87. The van der Waals surface area contributed by atoms with Crippen LogP contribution in [-0.2, 0) is 0 Å². The average molecular weight is 221 g/mol. The third-order valence-electron chi connectivity index (χ3n) is 2.30. The summed E-state index contributed by atoms with van der Waals surface area (Å²) < 4.78 is 0. The third kappa shape index (κ3) is 1.93. The van der Waals surface area contributed by atoms with Crippen molar-refractivity contribution in [1.82, 2.24) is 0 Å². The molecule has 6 heteroatoms. The summed E-state index contributed by atoms with van der Waals surface area (Å²) in [5.41, 5.74) is 1.09. The van der Waals surface area contributed by atoms with Crippen LogP contribution >= 0.6 is 0 Å². The first-order valence-electron chi connectivity index (χ1n) is 4.87. The summed E-state index contributed by atoms with van der Waals surface area (Å²) in [5.74, 6) is 0.533. The fourth-order valence-corrected chi connectivity index (χ4v) is 1.62. The molecule has 0 spiro atoms. The predicted octanol–water partition coefficient (Wildman–Crippen LogP) is 1.33. The van der Waals surface area contributed by atoms with E-state index in [-0.39, 0.29) is 5.69 Å². The van der Waals surface area contributed by atoms with Gasteiger partial charge in [0.1, 0.15) is 6.07 Å². The van der Waals surface area contributed by atoms with Crippen molar-refractivity contribution >= 4 is 11.5 Å². The Morgan fingerprint density at radius 1 is 1.56 bits per heavy atom. The molecule has 0 bridgehead atoms. The SMILES string of the molecule is CCNc1[nH+]c(C)c([N+](=O)[O-])c(C)c1C#N. The number of aromatic nitrogens is 1. The van der Waals surface area contributed by atoms with Crippen LogP contribution in [-0.4, -0.2) is 11.5 Å². The number of aryl methyl sites for hydroxylation is 1. The molecule has 6 nitrogen and oxygen atoms in total. The van der Waals surface area contributed by atoms with Crippen LogP contribution in [0.4, 0.5) is 11.5 Å². The van der Waals surface area contributed by atoms with Gasteiger partial charge in [0.05, 0.1) is 17.0 Å². The molecule has 0 aliphatic rings. The summed E-state index contributed by atoms with van der Waals surface area (Å²) in [6.07, 6.45) is 0. The Morgan fingerprint density at radius 2 is 2.19 bits per heavy atom. The second kappa shape index (κ2) is 4.57. The number of hydrogen-bond donors (Lipinski definition) is 1. The largest absolute Gasteiger partial charge is 0.315 e. The number of H-pyrrole nitrogens is 1. The second-order valence-corrected chi connectivity index (χ2v) is 3.37. The van der Waals surface area contributed by atoms with E-state index in [2.05, 4.69) is 10.3 Å². The van der Waals surface area contributed by atoms with Crippen molar-refractivity contribution < 1.29 is 9.91 Å². The first-order chi connectivity index (χ1) is 7.52. The Bertz CT molecular complexity index is 477. The zero-order valence-corrected chi connectivity index (χ0v) is 9.42. The van der Waals surface area contributed by atoms with Crippen LogP contribution in [0.2, 0.25) is 0 Å². The van der Waals surface area contributed by atoms with Gasteiger partial charge in [-0.1, -0.05) is 0 Å². The van der Waals surface area contributed by atoms with E-state index in [1.54, 1.807) is 13.8 Å². The third-order valence-corrected chi connectivity index (χ3v) is 2.30. The summed E-state index contributed by atoms with van der Waals surface area (Å²) in [7, 11) is 0. The van der Waals surface area contributed by atoms with Gasteiger partial charge >= 0.3 is 5.69 Å². The maximum atomic E-state index is 10.8. The highest BCUT2D eigenvalue weighted by Crippen LogP contribution is 2.25. The minimum atomic E-state index is -0.474. The van der Waals surface area contributed by atoms with Crippen molar-refractivity contribution in [3.05, 3.63) is 26.9 Å². The highest BCUT2D eigenvalue weighted by atomic mass is 16.6. The molecule has 1 aromatic rings. The van der Waals surface area contributed by atoms with E-state index in [0.717, 1.165) is 0 Å².